The average Bonchev–Trinajstić information content (AvgIpc) is 3.26. The van der Waals surface area contributed by atoms with Gasteiger partial charge in [0.15, 0.2) is 0 Å². The summed E-state index contributed by atoms with van der Waals surface area (Å²) in [5.41, 5.74) is 1.90. The molecule has 1 aromatic rings. The van der Waals surface area contributed by atoms with Crippen molar-refractivity contribution >= 4 is 29.3 Å². The molecule has 164 valence electrons. The molecule has 0 spiro atoms. The third kappa shape index (κ3) is 4.84. The molecule has 1 aromatic heterocycles. The van der Waals surface area contributed by atoms with Crippen molar-refractivity contribution in [1.82, 2.24) is 15.1 Å². The van der Waals surface area contributed by atoms with Crippen LogP contribution in [0.5, 0.6) is 0 Å². The molecule has 0 aromatic carbocycles. The minimum absolute atomic E-state index is 0.187. The zero-order valence-corrected chi connectivity index (χ0v) is 18.5. The summed E-state index contributed by atoms with van der Waals surface area (Å²) in [4.78, 5) is 41.4. The third-order valence-corrected chi connectivity index (χ3v) is 6.15. The highest BCUT2D eigenvalue weighted by Crippen LogP contribution is 2.33. The van der Waals surface area contributed by atoms with Crippen molar-refractivity contribution in [2.75, 3.05) is 39.9 Å². The minimum Gasteiger partial charge on any atom is -0.466 e. The number of hydrogen-bond acceptors (Lipinski definition) is 7. The number of carbonyl (C=O) groups excluding carboxylic acids is 3. The van der Waals surface area contributed by atoms with Gasteiger partial charge in [-0.15, -0.1) is 0 Å². The van der Waals surface area contributed by atoms with Crippen molar-refractivity contribution in [3.05, 3.63) is 33.7 Å². The first kappa shape index (κ1) is 22.3. The first-order chi connectivity index (χ1) is 14.5. The summed E-state index contributed by atoms with van der Waals surface area (Å²) in [5.74, 6) is -0.817. The molecule has 2 atom stereocenters. The number of hydrogen-bond donors (Lipinski definition) is 1. The predicted molar refractivity (Wildman–Crippen MR) is 113 cm³/mol. The maximum absolute atomic E-state index is 12.9. The lowest BCUT2D eigenvalue weighted by molar-refractivity contribution is -0.150. The van der Waals surface area contributed by atoms with E-state index >= 15 is 0 Å². The molecule has 2 amide bonds. The Morgan fingerprint density at radius 3 is 2.70 bits per heavy atom. The van der Waals surface area contributed by atoms with Gasteiger partial charge >= 0.3 is 18.0 Å². The van der Waals surface area contributed by atoms with Crippen LogP contribution in [0.25, 0.3) is 0 Å². The number of nitrogens with zero attached hydrogens (tertiary/aromatic N) is 2. The van der Waals surface area contributed by atoms with Crippen LogP contribution in [0.4, 0.5) is 4.79 Å². The number of ether oxygens (including phenoxy) is 2. The van der Waals surface area contributed by atoms with Crippen LogP contribution in [0, 0.1) is 5.92 Å². The Morgan fingerprint density at radius 1 is 1.27 bits per heavy atom. The molecule has 2 aliphatic rings. The first-order valence-electron chi connectivity index (χ1n) is 10.3. The Kier molecular flexibility index (Phi) is 7.49. The molecule has 0 bridgehead atoms. The summed E-state index contributed by atoms with van der Waals surface area (Å²) in [6, 6.07) is 1.07. The molecule has 9 heteroatoms. The summed E-state index contributed by atoms with van der Waals surface area (Å²) in [6.45, 7) is 5.88. The number of amides is 2. The molecule has 0 aliphatic carbocycles. The van der Waals surface area contributed by atoms with Crippen molar-refractivity contribution in [3.8, 4) is 0 Å². The number of rotatable bonds is 7. The van der Waals surface area contributed by atoms with Gasteiger partial charge in [-0.05, 0) is 55.6 Å². The van der Waals surface area contributed by atoms with Crippen LogP contribution in [0.2, 0.25) is 0 Å². The van der Waals surface area contributed by atoms with E-state index in [0.717, 1.165) is 24.9 Å². The zero-order valence-electron chi connectivity index (χ0n) is 17.7. The summed E-state index contributed by atoms with van der Waals surface area (Å²) >= 11 is 1.51. The van der Waals surface area contributed by atoms with Gasteiger partial charge in [0.25, 0.3) is 0 Å². The molecule has 0 radical (unpaired) electrons. The molecule has 3 rings (SSSR count). The molecule has 30 heavy (non-hydrogen) atoms. The lowest BCUT2D eigenvalue weighted by atomic mass is 9.94. The fourth-order valence-corrected chi connectivity index (χ4v) is 4.64. The van der Waals surface area contributed by atoms with Crippen LogP contribution in [0.1, 0.15) is 38.3 Å². The smallest absolute Gasteiger partial charge is 0.338 e. The van der Waals surface area contributed by atoms with Gasteiger partial charge in [0.2, 0.25) is 0 Å². The van der Waals surface area contributed by atoms with Gasteiger partial charge in [0.05, 0.1) is 30.7 Å². The van der Waals surface area contributed by atoms with Gasteiger partial charge < -0.3 is 14.8 Å². The Morgan fingerprint density at radius 2 is 2.03 bits per heavy atom. The highest BCUT2D eigenvalue weighted by Gasteiger charge is 2.38. The lowest BCUT2D eigenvalue weighted by Crippen LogP contribution is -2.50. The van der Waals surface area contributed by atoms with Gasteiger partial charge in [-0.2, -0.15) is 11.3 Å². The number of urea groups is 1. The molecule has 2 aliphatic heterocycles. The fraction of sp³-hybridized carbons (Fsp3) is 0.571. The van der Waals surface area contributed by atoms with E-state index in [4.69, 9.17) is 9.47 Å². The van der Waals surface area contributed by atoms with Crippen molar-refractivity contribution in [2.45, 2.75) is 32.7 Å². The summed E-state index contributed by atoms with van der Waals surface area (Å²) in [7, 11) is 1.65. The number of likely N-dealkylation sites (tertiary alicyclic amines) is 1. The molecule has 2 unspecified atom stereocenters. The second-order valence-electron chi connectivity index (χ2n) is 7.41. The minimum atomic E-state index is -0.556. The number of thiophene rings is 1. The van der Waals surface area contributed by atoms with Crippen LogP contribution >= 0.6 is 11.3 Å². The number of piperidine rings is 1. The van der Waals surface area contributed by atoms with E-state index in [0.29, 0.717) is 31.0 Å². The van der Waals surface area contributed by atoms with Crippen molar-refractivity contribution < 1.29 is 23.9 Å². The predicted octanol–water partition coefficient (Wildman–Crippen LogP) is 2.54. The van der Waals surface area contributed by atoms with E-state index < -0.39 is 12.0 Å². The van der Waals surface area contributed by atoms with Crippen LogP contribution in [-0.2, 0) is 19.1 Å². The van der Waals surface area contributed by atoms with E-state index in [1.165, 1.54) is 16.2 Å². The molecule has 1 N–H and O–H groups in total. The second kappa shape index (κ2) is 10.1. The van der Waals surface area contributed by atoms with E-state index in [1.54, 1.807) is 20.9 Å². The Bertz CT molecular complexity index is 808. The number of likely N-dealkylation sites (N-methyl/N-ethyl adjacent to an activating group) is 1. The van der Waals surface area contributed by atoms with Crippen LogP contribution in [-0.4, -0.2) is 67.7 Å². The highest BCUT2D eigenvalue weighted by atomic mass is 32.1. The van der Waals surface area contributed by atoms with E-state index in [2.05, 4.69) is 10.2 Å². The number of carbonyl (C=O) groups is 3. The van der Waals surface area contributed by atoms with E-state index in [9.17, 15) is 14.4 Å². The van der Waals surface area contributed by atoms with Gasteiger partial charge in [-0.25, -0.2) is 9.59 Å². The second-order valence-corrected chi connectivity index (χ2v) is 8.19. The molecule has 3 heterocycles. The fourth-order valence-electron chi connectivity index (χ4n) is 3.95. The molecular weight excluding hydrogens is 406 g/mol. The Hall–Kier alpha value is -2.39. The number of nitrogens with one attached hydrogen (secondary N) is 1. The summed E-state index contributed by atoms with van der Waals surface area (Å²) in [6.07, 6.45) is 1.64. The van der Waals surface area contributed by atoms with Crippen molar-refractivity contribution in [1.29, 1.82) is 0 Å². The van der Waals surface area contributed by atoms with Gasteiger partial charge in [0, 0.05) is 25.8 Å². The standard InChI is InChI=1S/C21H29N3O5S/c1-4-28-19(25)14-7-6-9-24(11-14)12-16-17(20(26)29-5-2)18(15-8-10-30-13-15)22-21(27)23(16)3/h8,10,13-14,18H,4-7,9,11-12H2,1-3H3,(H,22,27). The molecule has 1 fully saturated rings. The maximum Gasteiger partial charge on any atom is 0.338 e. The topological polar surface area (TPSA) is 88.2 Å². The molecular formula is C21H29N3O5S. The summed E-state index contributed by atoms with van der Waals surface area (Å²) in [5, 5.41) is 6.75. The lowest BCUT2D eigenvalue weighted by Gasteiger charge is -2.38. The molecule has 0 saturated carbocycles. The van der Waals surface area contributed by atoms with Gasteiger partial charge in [-0.1, -0.05) is 0 Å². The first-order valence-corrected chi connectivity index (χ1v) is 11.3. The monoisotopic (exact) mass is 435 g/mol. The maximum atomic E-state index is 12.9. The Labute approximate surface area is 180 Å². The molecule has 8 nitrogen and oxygen atoms in total. The van der Waals surface area contributed by atoms with Crippen LogP contribution < -0.4 is 5.32 Å². The highest BCUT2D eigenvalue weighted by molar-refractivity contribution is 7.08. The van der Waals surface area contributed by atoms with Crippen LogP contribution in [0.15, 0.2) is 28.1 Å². The summed E-state index contributed by atoms with van der Waals surface area (Å²) < 4.78 is 10.5. The van der Waals surface area contributed by atoms with Gasteiger partial charge in [0.1, 0.15) is 0 Å². The van der Waals surface area contributed by atoms with Gasteiger partial charge in [-0.3, -0.25) is 14.6 Å². The van der Waals surface area contributed by atoms with Crippen molar-refractivity contribution in [3.63, 3.8) is 0 Å². The number of esters is 2. The third-order valence-electron chi connectivity index (χ3n) is 5.45. The SMILES string of the molecule is CCOC(=O)C1=C(CN2CCCC(C(=O)OCC)C2)N(C)C(=O)NC1c1ccsc1. The zero-order chi connectivity index (χ0) is 21.7. The normalized spacial score (nSPS) is 22.6. The largest absolute Gasteiger partial charge is 0.466 e. The van der Waals surface area contributed by atoms with Crippen molar-refractivity contribution in [2.24, 2.45) is 5.92 Å². The quantitative estimate of drug-likeness (QED) is 0.662. The van der Waals surface area contributed by atoms with Crippen LogP contribution in [0.3, 0.4) is 0 Å². The van der Waals surface area contributed by atoms with E-state index in [1.807, 2.05) is 16.8 Å². The average molecular weight is 436 g/mol. The Balaban J connectivity index is 1.92. The van der Waals surface area contributed by atoms with E-state index in [-0.39, 0.29) is 24.5 Å². The molecule has 1 saturated heterocycles.